The summed E-state index contributed by atoms with van der Waals surface area (Å²) in [4.78, 5) is 23.2. The molecule has 1 unspecified atom stereocenters. The van der Waals surface area contributed by atoms with Crippen molar-refractivity contribution < 1.29 is 19.8 Å². The fourth-order valence-corrected chi connectivity index (χ4v) is 3.68. The van der Waals surface area contributed by atoms with Crippen molar-refractivity contribution >= 4 is 11.8 Å². The molecule has 0 amide bonds. The standard InChI is InChI=1S/C22H36O4/c1-3-5-10-16-22(26,4-2)17-11-8-6-7-9-13-19(21(24)25)18-14-12-15-20(18)23/h6-7,11,17-19,26H,3-5,8-10,12-16H2,1-2H3,(H,24,25)/b7-6+,17-11-/t18-,19+,22?/m1/s1. The first-order chi connectivity index (χ1) is 12.4. The van der Waals surface area contributed by atoms with Crippen molar-refractivity contribution in [2.24, 2.45) is 11.8 Å². The lowest BCUT2D eigenvalue weighted by Crippen LogP contribution is -2.26. The average molecular weight is 365 g/mol. The van der Waals surface area contributed by atoms with Crippen molar-refractivity contribution in [1.29, 1.82) is 0 Å². The molecule has 26 heavy (non-hydrogen) atoms. The number of carbonyl (C=O) groups excluding carboxylic acids is 1. The van der Waals surface area contributed by atoms with E-state index in [1.807, 2.05) is 31.2 Å². The highest BCUT2D eigenvalue weighted by Crippen LogP contribution is 2.31. The fourth-order valence-electron chi connectivity index (χ4n) is 3.68. The molecule has 0 bridgehead atoms. The molecule has 1 rings (SSSR count). The lowest BCUT2D eigenvalue weighted by atomic mass is 9.86. The monoisotopic (exact) mass is 364 g/mol. The Morgan fingerprint density at radius 1 is 1.27 bits per heavy atom. The Balaban J connectivity index is 2.36. The highest BCUT2D eigenvalue weighted by molar-refractivity contribution is 5.87. The van der Waals surface area contributed by atoms with Gasteiger partial charge in [0.2, 0.25) is 0 Å². The zero-order valence-electron chi connectivity index (χ0n) is 16.5. The number of aliphatic hydroxyl groups is 1. The Bertz CT molecular complexity index is 494. The minimum atomic E-state index is -0.848. The van der Waals surface area contributed by atoms with Crippen LogP contribution in [0.15, 0.2) is 24.3 Å². The molecule has 4 nitrogen and oxygen atoms in total. The minimum absolute atomic E-state index is 0.117. The van der Waals surface area contributed by atoms with E-state index in [1.165, 1.54) is 0 Å². The molecule has 1 aliphatic rings. The predicted octanol–water partition coefficient (Wildman–Crippen LogP) is 5.06. The van der Waals surface area contributed by atoms with Crippen LogP contribution in [0.25, 0.3) is 0 Å². The molecule has 0 saturated heterocycles. The molecule has 1 saturated carbocycles. The maximum atomic E-state index is 11.8. The van der Waals surface area contributed by atoms with E-state index in [0.717, 1.165) is 44.9 Å². The van der Waals surface area contributed by atoms with Crippen molar-refractivity contribution in [2.45, 2.75) is 90.1 Å². The number of allylic oxidation sites excluding steroid dienone is 3. The number of carbonyl (C=O) groups is 2. The van der Waals surface area contributed by atoms with Crippen LogP contribution < -0.4 is 0 Å². The zero-order valence-corrected chi connectivity index (χ0v) is 16.5. The largest absolute Gasteiger partial charge is 0.481 e. The Kier molecular flexibility index (Phi) is 10.5. The molecule has 0 aromatic heterocycles. The molecule has 0 aromatic carbocycles. The van der Waals surface area contributed by atoms with Crippen LogP contribution in [0.1, 0.15) is 84.5 Å². The van der Waals surface area contributed by atoms with Gasteiger partial charge in [0.15, 0.2) is 0 Å². The molecular formula is C22H36O4. The van der Waals surface area contributed by atoms with Gasteiger partial charge in [-0.3, -0.25) is 9.59 Å². The number of Topliss-reactive ketones (excluding diaryl/α,β-unsaturated/α-hetero) is 1. The third-order valence-corrected chi connectivity index (χ3v) is 5.49. The number of unbranched alkanes of at least 4 members (excludes halogenated alkanes) is 2. The summed E-state index contributed by atoms with van der Waals surface area (Å²) in [5.74, 6) is -1.57. The molecule has 0 aliphatic heterocycles. The Morgan fingerprint density at radius 2 is 2.04 bits per heavy atom. The maximum Gasteiger partial charge on any atom is 0.307 e. The van der Waals surface area contributed by atoms with Crippen LogP contribution in [0.5, 0.6) is 0 Å². The second-order valence-electron chi connectivity index (χ2n) is 7.51. The first-order valence-electron chi connectivity index (χ1n) is 10.2. The van der Waals surface area contributed by atoms with Crippen LogP contribution >= 0.6 is 0 Å². The SMILES string of the molecule is CCCCCC(O)(/C=C\C/C=C/CC[C@H](C(=O)O)[C@H]1CCCC1=O)CC. The minimum Gasteiger partial charge on any atom is -0.481 e. The fraction of sp³-hybridized carbons (Fsp3) is 0.727. The first-order valence-corrected chi connectivity index (χ1v) is 10.2. The molecule has 148 valence electrons. The molecule has 3 atom stereocenters. The zero-order chi connectivity index (χ0) is 19.4. The Hall–Kier alpha value is -1.42. The van der Waals surface area contributed by atoms with E-state index >= 15 is 0 Å². The van der Waals surface area contributed by atoms with Crippen LogP contribution in [0.3, 0.4) is 0 Å². The van der Waals surface area contributed by atoms with Gasteiger partial charge in [-0.25, -0.2) is 0 Å². The Labute approximate surface area is 158 Å². The molecule has 0 spiro atoms. The van der Waals surface area contributed by atoms with Gasteiger partial charge in [-0.05, 0) is 44.9 Å². The van der Waals surface area contributed by atoms with E-state index in [0.29, 0.717) is 25.7 Å². The number of aliphatic carboxylic acids is 1. The summed E-state index contributed by atoms with van der Waals surface area (Å²) in [5.41, 5.74) is -0.708. The van der Waals surface area contributed by atoms with E-state index in [2.05, 4.69) is 6.92 Å². The van der Waals surface area contributed by atoms with Gasteiger partial charge >= 0.3 is 5.97 Å². The third kappa shape index (κ3) is 7.86. The van der Waals surface area contributed by atoms with Gasteiger partial charge in [-0.15, -0.1) is 0 Å². The number of hydrogen-bond acceptors (Lipinski definition) is 3. The predicted molar refractivity (Wildman–Crippen MR) is 105 cm³/mol. The summed E-state index contributed by atoms with van der Waals surface area (Å²) < 4.78 is 0. The average Bonchev–Trinajstić information content (AvgIpc) is 3.03. The van der Waals surface area contributed by atoms with Gasteiger partial charge in [0.1, 0.15) is 5.78 Å². The van der Waals surface area contributed by atoms with E-state index in [9.17, 15) is 19.8 Å². The normalized spacial score (nSPS) is 21.5. The van der Waals surface area contributed by atoms with Crippen LogP contribution in [-0.2, 0) is 9.59 Å². The van der Waals surface area contributed by atoms with Crippen LogP contribution in [0.2, 0.25) is 0 Å². The third-order valence-electron chi connectivity index (χ3n) is 5.49. The van der Waals surface area contributed by atoms with Crippen LogP contribution in [-0.4, -0.2) is 27.6 Å². The van der Waals surface area contributed by atoms with Crippen LogP contribution in [0, 0.1) is 11.8 Å². The van der Waals surface area contributed by atoms with Crippen molar-refractivity contribution in [1.82, 2.24) is 0 Å². The van der Waals surface area contributed by atoms with Gasteiger partial charge in [-0.1, -0.05) is 57.4 Å². The summed E-state index contributed by atoms with van der Waals surface area (Å²) >= 11 is 0. The van der Waals surface area contributed by atoms with E-state index < -0.39 is 17.5 Å². The second kappa shape index (κ2) is 12.1. The molecular weight excluding hydrogens is 328 g/mol. The van der Waals surface area contributed by atoms with E-state index in [4.69, 9.17) is 0 Å². The summed E-state index contributed by atoms with van der Waals surface area (Å²) in [7, 11) is 0. The Morgan fingerprint density at radius 3 is 2.62 bits per heavy atom. The lowest BCUT2D eigenvalue weighted by molar-refractivity contribution is -0.146. The highest BCUT2D eigenvalue weighted by atomic mass is 16.4. The van der Waals surface area contributed by atoms with Gasteiger partial charge in [0.25, 0.3) is 0 Å². The molecule has 4 heteroatoms. The second-order valence-corrected chi connectivity index (χ2v) is 7.51. The number of carboxylic acids is 1. The number of ketones is 1. The van der Waals surface area contributed by atoms with Gasteiger partial charge in [0.05, 0.1) is 11.5 Å². The number of rotatable bonds is 13. The van der Waals surface area contributed by atoms with Gasteiger partial charge in [-0.2, -0.15) is 0 Å². The summed E-state index contributed by atoms with van der Waals surface area (Å²) in [5, 5.41) is 19.9. The van der Waals surface area contributed by atoms with Crippen molar-refractivity contribution in [2.75, 3.05) is 0 Å². The van der Waals surface area contributed by atoms with Crippen LogP contribution in [0.4, 0.5) is 0 Å². The van der Waals surface area contributed by atoms with Crippen molar-refractivity contribution in [3.63, 3.8) is 0 Å². The maximum absolute atomic E-state index is 11.8. The summed E-state index contributed by atoms with van der Waals surface area (Å²) in [6.45, 7) is 4.16. The van der Waals surface area contributed by atoms with Gasteiger partial charge in [0, 0.05) is 12.3 Å². The molecule has 1 fully saturated rings. The molecule has 0 radical (unpaired) electrons. The summed E-state index contributed by atoms with van der Waals surface area (Å²) in [6.07, 6.45) is 16.7. The number of carboxylic acid groups (broad SMARTS) is 1. The number of hydrogen-bond donors (Lipinski definition) is 2. The topological polar surface area (TPSA) is 74.6 Å². The van der Waals surface area contributed by atoms with E-state index in [-0.39, 0.29) is 11.7 Å². The highest BCUT2D eigenvalue weighted by Gasteiger charge is 2.35. The molecule has 1 aliphatic carbocycles. The quantitative estimate of drug-likeness (QED) is 0.354. The van der Waals surface area contributed by atoms with Gasteiger partial charge < -0.3 is 10.2 Å². The summed E-state index contributed by atoms with van der Waals surface area (Å²) in [6, 6.07) is 0. The van der Waals surface area contributed by atoms with E-state index in [1.54, 1.807) is 0 Å². The first kappa shape index (κ1) is 22.6. The molecule has 0 heterocycles. The van der Waals surface area contributed by atoms with Crippen molar-refractivity contribution in [3.8, 4) is 0 Å². The van der Waals surface area contributed by atoms with Crippen molar-refractivity contribution in [3.05, 3.63) is 24.3 Å². The molecule has 2 N–H and O–H groups in total. The smallest absolute Gasteiger partial charge is 0.307 e. The lowest BCUT2D eigenvalue weighted by Gasteiger charge is -2.22. The molecule has 0 aromatic rings.